The molecule has 0 saturated carbocycles. The van der Waals surface area contributed by atoms with E-state index in [-0.39, 0.29) is 30.1 Å². The second-order valence-corrected chi connectivity index (χ2v) is 7.41. The zero-order valence-electron chi connectivity index (χ0n) is 16.6. The van der Waals surface area contributed by atoms with Crippen molar-refractivity contribution in [3.63, 3.8) is 0 Å². The molecule has 2 N–H and O–H groups in total. The normalized spacial score (nSPS) is 17.7. The lowest BCUT2D eigenvalue weighted by Gasteiger charge is -2.35. The number of carbonyl (C=O) groups is 2. The molecule has 1 fully saturated rings. The minimum absolute atomic E-state index is 0.00225. The summed E-state index contributed by atoms with van der Waals surface area (Å²) in [6.45, 7) is 2.07. The Hall–Kier alpha value is -2.95. The van der Waals surface area contributed by atoms with Crippen LogP contribution in [0.1, 0.15) is 36.2 Å². The van der Waals surface area contributed by atoms with Gasteiger partial charge in [-0.3, -0.25) is 9.78 Å². The molecule has 2 unspecified atom stereocenters. The average Bonchev–Trinajstić information content (AvgIpc) is 2.75. The monoisotopic (exact) mass is 476 g/mol. The van der Waals surface area contributed by atoms with Gasteiger partial charge in [0.1, 0.15) is 28.4 Å². The first kappa shape index (κ1) is 23.7. The number of alkyl halides is 3. The molecule has 12 heteroatoms. The molecule has 0 spiro atoms. The Bertz CT molecular complexity index is 1020. The van der Waals surface area contributed by atoms with Gasteiger partial charge in [-0.1, -0.05) is 30.7 Å². The molecule has 2 atom stereocenters. The predicted molar refractivity (Wildman–Crippen MR) is 105 cm³/mol. The zero-order valence-corrected chi connectivity index (χ0v) is 17.4. The molecule has 1 aliphatic rings. The van der Waals surface area contributed by atoms with Gasteiger partial charge in [-0.2, -0.15) is 13.2 Å². The van der Waals surface area contributed by atoms with Crippen LogP contribution < -0.4 is 10.6 Å². The van der Waals surface area contributed by atoms with Crippen molar-refractivity contribution in [1.29, 1.82) is 0 Å². The van der Waals surface area contributed by atoms with E-state index < -0.39 is 46.6 Å². The van der Waals surface area contributed by atoms with Gasteiger partial charge in [0.15, 0.2) is 0 Å². The van der Waals surface area contributed by atoms with E-state index in [0.29, 0.717) is 12.5 Å². The van der Waals surface area contributed by atoms with Gasteiger partial charge in [-0.15, -0.1) is 0 Å². The summed E-state index contributed by atoms with van der Waals surface area (Å²) in [7, 11) is 0. The van der Waals surface area contributed by atoms with Gasteiger partial charge in [-0.25, -0.2) is 13.6 Å². The Kier molecular flexibility index (Phi) is 6.87. The quantitative estimate of drug-likeness (QED) is 0.516. The molecular weight excluding hydrogens is 459 g/mol. The van der Waals surface area contributed by atoms with Crippen LogP contribution in [0.3, 0.4) is 0 Å². The maximum absolute atomic E-state index is 14.8. The van der Waals surface area contributed by atoms with E-state index in [1.165, 1.54) is 4.90 Å². The number of benzene rings is 1. The molecule has 172 valence electrons. The first-order chi connectivity index (χ1) is 15.0. The summed E-state index contributed by atoms with van der Waals surface area (Å²) in [6, 6.07) is 0.726. The summed E-state index contributed by atoms with van der Waals surface area (Å²) in [6.07, 6.45) is -3.55. The molecule has 6 nitrogen and oxygen atoms in total. The molecule has 0 aliphatic carbocycles. The Morgan fingerprint density at radius 3 is 2.62 bits per heavy atom. The van der Waals surface area contributed by atoms with E-state index in [2.05, 4.69) is 15.6 Å². The van der Waals surface area contributed by atoms with Gasteiger partial charge >= 0.3 is 12.2 Å². The number of halogens is 6. The van der Waals surface area contributed by atoms with E-state index in [4.69, 9.17) is 11.6 Å². The topological polar surface area (TPSA) is 74.3 Å². The number of pyridine rings is 1. The van der Waals surface area contributed by atoms with Gasteiger partial charge in [0, 0.05) is 24.8 Å². The molecule has 0 radical (unpaired) electrons. The lowest BCUT2D eigenvalue weighted by atomic mass is 9.99. The largest absolute Gasteiger partial charge is 0.433 e. The Labute approximate surface area is 184 Å². The molecule has 1 aromatic carbocycles. The summed E-state index contributed by atoms with van der Waals surface area (Å²) >= 11 is 5.66. The van der Waals surface area contributed by atoms with Crippen LogP contribution in [0.5, 0.6) is 0 Å². The minimum Gasteiger partial charge on any atom is -0.353 e. The summed E-state index contributed by atoms with van der Waals surface area (Å²) in [5, 5.41) is 4.32. The van der Waals surface area contributed by atoms with Crippen LogP contribution in [0.2, 0.25) is 5.02 Å². The second-order valence-electron chi connectivity index (χ2n) is 7.03. The number of carbonyl (C=O) groups excluding carboxylic acids is 2. The molecule has 2 heterocycles. The van der Waals surface area contributed by atoms with Crippen LogP contribution in [0, 0.1) is 11.6 Å². The van der Waals surface area contributed by atoms with Crippen LogP contribution in [0.4, 0.5) is 26.7 Å². The Morgan fingerprint density at radius 2 is 2.03 bits per heavy atom. The highest BCUT2D eigenvalue weighted by atomic mass is 35.5. The summed E-state index contributed by atoms with van der Waals surface area (Å²) in [4.78, 5) is 29.6. The number of aromatic nitrogens is 1. The standard InChI is InChI=1S/C20H18ClF5N4O2/c1-2-13-18(31)27-7-8-30(13)19(32)29-17(11-4-5-12(22)15(21)16(11)23)10-3-6-14(28-9-10)20(24,25)26/h3-6,9,13,17H,2,7-8H2,1H3,(H,27,31)(H,29,32). The Balaban J connectivity index is 2.00. The summed E-state index contributed by atoms with van der Waals surface area (Å²) in [5.41, 5.74) is -1.45. The molecule has 0 bridgehead atoms. The van der Waals surface area contributed by atoms with E-state index in [0.717, 1.165) is 24.4 Å². The van der Waals surface area contributed by atoms with E-state index in [9.17, 15) is 31.5 Å². The molecule has 3 rings (SSSR count). The highest BCUT2D eigenvalue weighted by Crippen LogP contribution is 2.32. The number of rotatable bonds is 4. The van der Waals surface area contributed by atoms with Gasteiger partial charge in [0.25, 0.3) is 0 Å². The molecule has 32 heavy (non-hydrogen) atoms. The average molecular weight is 477 g/mol. The third kappa shape index (κ3) is 4.77. The Morgan fingerprint density at radius 1 is 1.31 bits per heavy atom. The van der Waals surface area contributed by atoms with Crippen molar-refractivity contribution in [1.82, 2.24) is 20.5 Å². The number of urea groups is 1. The molecule has 2 aromatic rings. The second kappa shape index (κ2) is 9.27. The molecule has 3 amide bonds. The van der Waals surface area contributed by atoms with Crippen LogP contribution in [-0.2, 0) is 11.0 Å². The van der Waals surface area contributed by atoms with Crippen molar-refractivity contribution < 1.29 is 31.5 Å². The van der Waals surface area contributed by atoms with Crippen molar-refractivity contribution >= 4 is 23.5 Å². The van der Waals surface area contributed by atoms with Crippen molar-refractivity contribution in [2.24, 2.45) is 0 Å². The number of nitrogens with zero attached hydrogens (tertiary/aromatic N) is 2. The fraction of sp³-hybridized carbons (Fsp3) is 0.350. The third-order valence-corrected chi connectivity index (χ3v) is 5.38. The van der Waals surface area contributed by atoms with Crippen molar-refractivity contribution in [3.05, 3.63) is 63.9 Å². The molecule has 1 saturated heterocycles. The molecular formula is C20H18ClF5N4O2. The maximum Gasteiger partial charge on any atom is 0.433 e. The van der Waals surface area contributed by atoms with Gasteiger partial charge in [-0.05, 0) is 24.1 Å². The SMILES string of the molecule is CCC1C(=O)NCCN1C(=O)NC(c1ccc(C(F)(F)F)nc1)c1ccc(F)c(Cl)c1F. The molecule has 1 aromatic heterocycles. The third-order valence-electron chi connectivity index (χ3n) is 5.03. The summed E-state index contributed by atoms with van der Waals surface area (Å²) in [5.74, 6) is -2.58. The van der Waals surface area contributed by atoms with E-state index in [1.54, 1.807) is 6.92 Å². The predicted octanol–water partition coefficient (Wildman–Crippen LogP) is 4.04. The van der Waals surface area contributed by atoms with E-state index >= 15 is 0 Å². The van der Waals surface area contributed by atoms with Crippen molar-refractivity contribution in [3.8, 4) is 0 Å². The van der Waals surface area contributed by atoms with Crippen LogP contribution in [0.15, 0.2) is 30.5 Å². The van der Waals surface area contributed by atoms with Crippen molar-refractivity contribution in [2.45, 2.75) is 31.6 Å². The highest BCUT2D eigenvalue weighted by Gasteiger charge is 2.35. The number of piperazine rings is 1. The smallest absolute Gasteiger partial charge is 0.353 e. The number of amides is 3. The summed E-state index contributed by atoms with van der Waals surface area (Å²) < 4.78 is 67.1. The van der Waals surface area contributed by atoms with Gasteiger partial charge < -0.3 is 15.5 Å². The zero-order chi connectivity index (χ0) is 23.6. The highest BCUT2D eigenvalue weighted by molar-refractivity contribution is 6.31. The lowest BCUT2D eigenvalue weighted by Crippen LogP contribution is -2.59. The van der Waals surface area contributed by atoms with E-state index in [1.807, 2.05) is 0 Å². The number of hydrogen-bond acceptors (Lipinski definition) is 3. The first-order valence-electron chi connectivity index (χ1n) is 9.56. The van der Waals surface area contributed by atoms with Crippen molar-refractivity contribution in [2.75, 3.05) is 13.1 Å². The van der Waals surface area contributed by atoms with Crippen LogP contribution >= 0.6 is 11.6 Å². The maximum atomic E-state index is 14.8. The fourth-order valence-electron chi connectivity index (χ4n) is 3.42. The minimum atomic E-state index is -4.70. The van der Waals surface area contributed by atoms with Gasteiger partial charge in [0.2, 0.25) is 5.91 Å². The number of nitrogens with one attached hydrogen (secondary N) is 2. The fourth-order valence-corrected chi connectivity index (χ4v) is 3.59. The van der Waals surface area contributed by atoms with Crippen LogP contribution in [0.25, 0.3) is 0 Å². The lowest BCUT2D eigenvalue weighted by molar-refractivity contribution is -0.141. The molecule has 1 aliphatic heterocycles. The van der Waals surface area contributed by atoms with Crippen LogP contribution in [-0.4, -0.2) is 41.0 Å². The number of hydrogen-bond donors (Lipinski definition) is 2. The first-order valence-corrected chi connectivity index (χ1v) is 9.93. The van der Waals surface area contributed by atoms with Gasteiger partial charge in [0.05, 0.1) is 6.04 Å².